The van der Waals surface area contributed by atoms with Gasteiger partial charge in [0.05, 0.1) is 0 Å². The number of nitrogens with one attached hydrogen (secondary N) is 1. The van der Waals surface area contributed by atoms with Crippen LogP contribution < -0.4 is 5.32 Å². The van der Waals surface area contributed by atoms with Gasteiger partial charge in [-0.3, -0.25) is 4.79 Å². The first-order valence-corrected chi connectivity index (χ1v) is 8.21. The lowest BCUT2D eigenvalue weighted by Crippen LogP contribution is -2.40. The number of rotatable bonds is 3. The first-order chi connectivity index (χ1) is 9.25. The van der Waals surface area contributed by atoms with Crippen molar-refractivity contribution in [3.8, 4) is 0 Å². The van der Waals surface area contributed by atoms with Crippen molar-refractivity contribution in [1.82, 2.24) is 10.2 Å². The summed E-state index contributed by atoms with van der Waals surface area (Å²) in [7, 11) is 2.03. The average Bonchev–Trinajstić information content (AvgIpc) is 2.86. The molecule has 19 heavy (non-hydrogen) atoms. The molecule has 1 saturated heterocycles. The van der Waals surface area contributed by atoms with E-state index in [-0.39, 0.29) is 0 Å². The molecule has 0 radical (unpaired) electrons. The SMILES string of the molecule is CN(CC1CCCNC1)C(=O)C1C2C3CCC(C3)C12. The maximum absolute atomic E-state index is 12.6. The molecule has 3 saturated carbocycles. The van der Waals surface area contributed by atoms with Crippen LogP contribution in [0.4, 0.5) is 0 Å². The van der Waals surface area contributed by atoms with Crippen LogP contribution in [0.15, 0.2) is 0 Å². The molecule has 0 spiro atoms. The normalized spacial score (nSPS) is 47.0. The van der Waals surface area contributed by atoms with Gasteiger partial charge in [-0.15, -0.1) is 0 Å². The highest BCUT2D eigenvalue weighted by molar-refractivity contribution is 5.82. The van der Waals surface area contributed by atoms with Crippen LogP contribution in [0.3, 0.4) is 0 Å². The summed E-state index contributed by atoms with van der Waals surface area (Å²) in [6.45, 7) is 3.22. The number of hydrogen-bond donors (Lipinski definition) is 1. The zero-order chi connectivity index (χ0) is 13.0. The molecule has 1 aliphatic heterocycles. The minimum absolute atomic E-state index is 0.424. The molecule has 2 bridgehead atoms. The van der Waals surface area contributed by atoms with Crippen molar-refractivity contribution in [2.24, 2.45) is 35.5 Å². The minimum atomic E-state index is 0.424. The van der Waals surface area contributed by atoms with E-state index in [1.54, 1.807) is 0 Å². The number of carbonyl (C=O) groups is 1. The number of nitrogens with zero attached hydrogens (tertiary/aromatic N) is 1. The highest BCUT2D eigenvalue weighted by Crippen LogP contribution is 2.69. The maximum Gasteiger partial charge on any atom is 0.226 e. The molecule has 4 fully saturated rings. The van der Waals surface area contributed by atoms with E-state index in [1.807, 2.05) is 7.05 Å². The Labute approximate surface area is 116 Å². The second kappa shape index (κ2) is 4.47. The summed E-state index contributed by atoms with van der Waals surface area (Å²) in [5, 5.41) is 3.45. The molecule has 106 valence electrons. The van der Waals surface area contributed by atoms with Gasteiger partial charge in [-0.05, 0) is 74.8 Å². The lowest BCUT2D eigenvalue weighted by atomic mass is 9.98. The van der Waals surface area contributed by atoms with Crippen LogP contribution >= 0.6 is 0 Å². The Morgan fingerprint density at radius 1 is 1.21 bits per heavy atom. The summed E-state index contributed by atoms with van der Waals surface area (Å²) in [6, 6.07) is 0. The molecule has 4 aliphatic rings. The van der Waals surface area contributed by atoms with Crippen molar-refractivity contribution in [2.45, 2.75) is 32.1 Å². The zero-order valence-corrected chi connectivity index (χ0v) is 12.0. The highest BCUT2D eigenvalue weighted by Gasteiger charge is 2.67. The molecule has 0 aromatic carbocycles. The average molecular weight is 262 g/mol. The zero-order valence-electron chi connectivity index (χ0n) is 12.0. The van der Waals surface area contributed by atoms with Crippen molar-refractivity contribution < 1.29 is 4.79 Å². The predicted molar refractivity (Wildman–Crippen MR) is 74.5 cm³/mol. The van der Waals surface area contributed by atoms with E-state index in [9.17, 15) is 4.79 Å². The van der Waals surface area contributed by atoms with Crippen LogP contribution in [0.5, 0.6) is 0 Å². The van der Waals surface area contributed by atoms with Crippen LogP contribution in [0.1, 0.15) is 32.1 Å². The number of amides is 1. The monoisotopic (exact) mass is 262 g/mol. The number of carbonyl (C=O) groups excluding carboxylic acids is 1. The van der Waals surface area contributed by atoms with E-state index in [0.29, 0.717) is 17.7 Å². The minimum Gasteiger partial charge on any atom is -0.345 e. The smallest absolute Gasteiger partial charge is 0.226 e. The fraction of sp³-hybridized carbons (Fsp3) is 0.938. The molecule has 3 nitrogen and oxygen atoms in total. The van der Waals surface area contributed by atoms with Gasteiger partial charge in [0.2, 0.25) is 5.91 Å². The van der Waals surface area contributed by atoms with E-state index in [0.717, 1.165) is 43.3 Å². The summed E-state index contributed by atoms with van der Waals surface area (Å²) in [6.07, 6.45) is 6.81. The van der Waals surface area contributed by atoms with Gasteiger partial charge in [-0.2, -0.15) is 0 Å². The van der Waals surface area contributed by atoms with Gasteiger partial charge in [0.1, 0.15) is 0 Å². The molecular formula is C16H26N2O. The Morgan fingerprint density at radius 2 is 1.95 bits per heavy atom. The van der Waals surface area contributed by atoms with Crippen LogP contribution in [0.25, 0.3) is 0 Å². The Kier molecular flexibility index (Phi) is 2.87. The van der Waals surface area contributed by atoms with Crippen LogP contribution in [0, 0.1) is 35.5 Å². The van der Waals surface area contributed by atoms with Gasteiger partial charge in [0.15, 0.2) is 0 Å². The van der Waals surface area contributed by atoms with Gasteiger partial charge in [0.25, 0.3) is 0 Å². The van der Waals surface area contributed by atoms with E-state index >= 15 is 0 Å². The third kappa shape index (κ3) is 1.93. The van der Waals surface area contributed by atoms with Crippen molar-refractivity contribution in [1.29, 1.82) is 0 Å². The van der Waals surface area contributed by atoms with Gasteiger partial charge < -0.3 is 10.2 Å². The van der Waals surface area contributed by atoms with E-state index in [1.165, 1.54) is 32.1 Å². The molecule has 1 amide bonds. The summed E-state index contributed by atoms with van der Waals surface area (Å²) < 4.78 is 0. The third-order valence-electron chi connectivity index (χ3n) is 6.33. The Bertz CT molecular complexity index is 361. The fourth-order valence-electron chi connectivity index (χ4n) is 5.47. The number of hydrogen-bond acceptors (Lipinski definition) is 2. The summed E-state index contributed by atoms with van der Waals surface area (Å²) in [4.78, 5) is 14.7. The topological polar surface area (TPSA) is 32.3 Å². The van der Waals surface area contributed by atoms with Crippen molar-refractivity contribution in [2.75, 3.05) is 26.7 Å². The molecule has 4 rings (SSSR count). The Balaban J connectivity index is 1.34. The van der Waals surface area contributed by atoms with Gasteiger partial charge >= 0.3 is 0 Å². The fourth-order valence-corrected chi connectivity index (χ4v) is 5.47. The summed E-state index contributed by atoms with van der Waals surface area (Å²) >= 11 is 0. The molecule has 0 aromatic rings. The maximum atomic E-state index is 12.6. The molecule has 3 heteroatoms. The van der Waals surface area contributed by atoms with Gasteiger partial charge in [-0.25, -0.2) is 0 Å². The molecule has 5 unspecified atom stereocenters. The van der Waals surface area contributed by atoms with Crippen LogP contribution in [-0.4, -0.2) is 37.5 Å². The molecule has 1 N–H and O–H groups in total. The van der Waals surface area contributed by atoms with E-state index < -0.39 is 0 Å². The molecule has 3 aliphatic carbocycles. The Morgan fingerprint density at radius 3 is 2.58 bits per heavy atom. The van der Waals surface area contributed by atoms with Crippen molar-refractivity contribution in [3.63, 3.8) is 0 Å². The Hall–Kier alpha value is -0.570. The second-order valence-corrected chi connectivity index (χ2v) is 7.44. The number of fused-ring (bicyclic) bond motifs is 5. The van der Waals surface area contributed by atoms with Crippen molar-refractivity contribution >= 4 is 5.91 Å². The largest absolute Gasteiger partial charge is 0.345 e. The van der Waals surface area contributed by atoms with Gasteiger partial charge in [0, 0.05) is 19.5 Å². The quantitative estimate of drug-likeness (QED) is 0.840. The summed E-state index contributed by atoms with van der Waals surface area (Å²) in [5.41, 5.74) is 0. The highest BCUT2D eigenvalue weighted by atomic mass is 16.2. The second-order valence-electron chi connectivity index (χ2n) is 7.44. The molecule has 1 heterocycles. The number of piperidine rings is 1. The van der Waals surface area contributed by atoms with Crippen molar-refractivity contribution in [3.05, 3.63) is 0 Å². The van der Waals surface area contributed by atoms with Crippen LogP contribution in [-0.2, 0) is 4.79 Å². The van der Waals surface area contributed by atoms with Crippen LogP contribution in [0.2, 0.25) is 0 Å². The first-order valence-electron chi connectivity index (χ1n) is 8.21. The predicted octanol–water partition coefficient (Wildman–Crippen LogP) is 1.74. The molecule has 5 atom stereocenters. The standard InChI is InChI=1S/C16H26N2O/c1-18(9-10-3-2-6-17-8-10)16(19)15-13-11-4-5-12(7-11)14(13)15/h10-15,17H,2-9H2,1H3. The summed E-state index contributed by atoms with van der Waals surface area (Å²) in [5.74, 6) is 4.97. The molecular weight excluding hydrogens is 236 g/mol. The lowest BCUT2D eigenvalue weighted by Gasteiger charge is -2.28. The third-order valence-corrected chi connectivity index (χ3v) is 6.33. The van der Waals surface area contributed by atoms with E-state index in [2.05, 4.69) is 10.2 Å². The lowest BCUT2D eigenvalue weighted by molar-refractivity contribution is -0.133. The molecule has 0 aromatic heterocycles. The van der Waals surface area contributed by atoms with Gasteiger partial charge in [-0.1, -0.05) is 0 Å². The first kappa shape index (κ1) is 12.2. The van der Waals surface area contributed by atoms with E-state index in [4.69, 9.17) is 0 Å².